The molecule has 1 saturated heterocycles. The zero-order valence-electron chi connectivity index (χ0n) is 19.3. The molecule has 9 heteroatoms. The highest BCUT2D eigenvalue weighted by molar-refractivity contribution is 5.90. The lowest BCUT2D eigenvalue weighted by atomic mass is 9.98. The molecular weight excluding hydrogens is 448 g/mol. The van der Waals surface area contributed by atoms with Crippen LogP contribution in [0.1, 0.15) is 41.5 Å². The summed E-state index contributed by atoms with van der Waals surface area (Å²) in [5, 5.41) is 16.3. The Morgan fingerprint density at radius 1 is 1.11 bits per heavy atom. The number of carbonyl (C=O) groups excluding carboxylic acids is 2. The molecule has 2 aromatic carbocycles. The Labute approximate surface area is 202 Å². The van der Waals surface area contributed by atoms with Crippen molar-refractivity contribution in [2.75, 3.05) is 13.2 Å². The van der Waals surface area contributed by atoms with Gasteiger partial charge < -0.3 is 20.1 Å². The van der Waals surface area contributed by atoms with Gasteiger partial charge in [-0.2, -0.15) is 5.10 Å². The molecule has 5 rings (SSSR count). The maximum absolute atomic E-state index is 13.3. The second-order valence-corrected chi connectivity index (χ2v) is 8.88. The fourth-order valence-electron chi connectivity index (χ4n) is 5.09. The van der Waals surface area contributed by atoms with Gasteiger partial charge in [0.25, 0.3) is 5.91 Å². The third-order valence-corrected chi connectivity index (χ3v) is 6.73. The number of benzene rings is 2. The second-order valence-electron chi connectivity index (χ2n) is 8.88. The van der Waals surface area contributed by atoms with E-state index < -0.39 is 30.1 Å². The van der Waals surface area contributed by atoms with Crippen molar-refractivity contribution in [2.24, 2.45) is 7.05 Å². The molecule has 1 aromatic heterocycles. The number of aliphatic carboxylic acids is 1. The van der Waals surface area contributed by atoms with Gasteiger partial charge in [0.2, 0.25) is 0 Å². The minimum Gasteiger partial charge on any atom is -0.480 e. The number of carboxylic acids is 1. The molecule has 0 spiro atoms. The molecule has 1 unspecified atom stereocenters. The van der Waals surface area contributed by atoms with Crippen molar-refractivity contribution in [3.63, 3.8) is 0 Å². The maximum atomic E-state index is 13.3. The van der Waals surface area contributed by atoms with Gasteiger partial charge in [0, 0.05) is 31.3 Å². The molecule has 2 heterocycles. The summed E-state index contributed by atoms with van der Waals surface area (Å²) < 4.78 is 7.14. The molecule has 2 aliphatic rings. The summed E-state index contributed by atoms with van der Waals surface area (Å²) in [5.74, 6) is -1.66. The first-order valence-corrected chi connectivity index (χ1v) is 11.6. The van der Waals surface area contributed by atoms with Crippen molar-refractivity contribution >= 4 is 18.0 Å². The lowest BCUT2D eigenvalue weighted by Gasteiger charge is -2.26. The molecule has 0 radical (unpaired) electrons. The monoisotopic (exact) mass is 474 g/mol. The molecule has 1 fully saturated rings. The van der Waals surface area contributed by atoms with Gasteiger partial charge >= 0.3 is 12.1 Å². The molecule has 1 aliphatic heterocycles. The van der Waals surface area contributed by atoms with E-state index in [4.69, 9.17) is 4.74 Å². The Morgan fingerprint density at radius 3 is 2.37 bits per heavy atom. The van der Waals surface area contributed by atoms with Crippen LogP contribution in [0.5, 0.6) is 0 Å². The van der Waals surface area contributed by atoms with Crippen LogP contribution in [0.15, 0.2) is 60.9 Å². The highest BCUT2D eigenvalue weighted by atomic mass is 16.5. The molecule has 0 saturated carbocycles. The van der Waals surface area contributed by atoms with Gasteiger partial charge in [-0.05, 0) is 35.1 Å². The lowest BCUT2D eigenvalue weighted by Crippen LogP contribution is -2.47. The number of hydrogen-bond donors (Lipinski definition) is 2. The van der Waals surface area contributed by atoms with E-state index in [9.17, 15) is 19.5 Å². The number of ether oxygens (including phenoxy) is 1. The van der Waals surface area contributed by atoms with E-state index in [0.29, 0.717) is 24.9 Å². The maximum Gasteiger partial charge on any atom is 0.408 e. The molecule has 9 nitrogen and oxygen atoms in total. The van der Waals surface area contributed by atoms with Crippen LogP contribution in [0, 0.1) is 0 Å². The zero-order valence-corrected chi connectivity index (χ0v) is 19.3. The highest BCUT2D eigenvalue weighted by Crippen LogP contribution is 2.44. The number of rotatable bonds is 6. The van der Waals surface area contributed by atoms with Gasteiger partial charge in [-0.15, -0.1) is 0 Å². The number of nitrogens with zero attached hydrogens (tertiary/aromatic N) is 3. The number of carboxylic acid groups (broad SMARTS) is 1. The first kappa shape index (κ1) is 22.6. The summed E-state index contributed by atoms with van der Waals surface area (Å²) in [6.45, 7) is 0.425. The van der Waals surface area contributed by atoms with Crippen LogP contribution in [0.25, 0.3) is 11.1 Å². The smallest absolute Gasteiger partial charge is 0.408 e. The minimum absolute atomic E-state index is 0.106. The Kier molecular flexibility index (Phi) is 5.98. The number of amides is 2. The summed E-state index contributed by atoms with van der Waals surface area (Å²) >= 11 is 0. The van der Waals surface area contributed by atoms with E-state index in [0.717, 1.165) is 22.3 Å². The van der Waals surface area contributed by atoms with Crippen LogP contribution in [0.3, 0.4) is 0 Å². The molecule has 2 amide bonds. The lowest BCUT2D eigenvalue weighted by molar-refractivity contribution is -0.149. The Hall–Kier alpha value is -4.14. The van der Waals surface area contributed by atoms with Crippen LogP contribution >= 0.6 is 0 Å². The third-order valence-electron chi connectivity index (χ3n) is 6.73. The molecule has 2 N–H and O–H groups in total. The Morgan fingerprint density at radius 2 is 1.77 bits per heavy atom. The molecule has 35 heavy (non-hydrogen) atoms. The molecule has 1 aliphatic carbocycles. The Balaban J connectivity index is 1.33. The molecule has 2 atom stereocenters. The van der Waals surface area contributed by atoms with Crippen LogP contribution in [0.4, 0.5) is 4.79 Å². The minimum atomic E-state index is -1.10. The summed E-state index contributed by atoms with van der Waals surface area (Å²) in [6, 6.07) is 14.1. The summed E-state index contributed by atoms with van der Waals surface area (Å²) in [7, 11) is 1.70. The molecule has 180 valence electrons. The third kappa shape index (κ3) is 4.25. The van der Waals surface area contributed by atoms with Gasteiger partial charge in [-0.1, -0.05) is 48.5 Å². The fourth-order valence-corrected chi connectivity index (χ4v) is 5.09. The van der Waals surface area contributed by atoms with Gasteiger partial charge in [0.15, 0.2) is 0 Å². The van der Waals surface area contributed by atoms with Crippen LogP contribution in [-0.2, 0) is 21.4 Å². The number of alkyl carbamates (subject to hydrolysis) is 1. The van der Waals surface area contributed by atoms with Crippen molar-refractivity contribution in [1.29, 1.82) is 0 Å². The van der Waals surface area contributed by atoms with Gasteiger partial charge in [0.05, 0.1) is 6.20 Å². The highest BCUT2D eigenvalue weighted by Gasteiger charge is 2.39. The van der Waals surface area contributed by atoms with E-state index in [-0.39, 0.29) is 12.5 Å². The number of aryl methyl sites for hydroxylation is 1. The fraction of sp³-hybridized carbons (Fsp3) is 0.308. The van der Waals surface area contributed by atoms with Gasteiger partial charge in [0.1, 0.15) is 18.7 Å². The predicted octanol–water partition coefficient (Wildman–Crippen LogP) is 3.08. The first-order chi connectivity index (χ1) is 16.9. The van der Waals surface area contributed by atoms with Crippen LogP contribution < -0.4 is 5.32 Å². The van der Waals surface area contributed by atoms with Crippen molar-refractivity contribution in [2.45, 2.75) is 30.8 Å². The topological polar surface area (TPSA) is 114 Å². The molecular formula is C26H26N4O5. The number of aromatic nitrogens is 2. The normalized spacial score (nSPS) is 17.5. The number of fused-ring (bicyclic) bond motifs is 3. The summed E-state index contributed by atoms with van der Waals surface area (Å²) in [6.07, 6.45) is 3.33. The average molecular weight is 475 g/mol. The SMILES string of the molecule is Cn1cc(C(NC(=O)OCC2c3ccccc3-c3ccccc32)C(=O)N2CCC[C@@H]2C(=O)O)cn1. The quantitative estimate of drug-likeness (QED) is 0.568. The first-order valence-electron chi connectivity index (χ1n) is 11.6. The zero-order chi connectivity index (χ0) is 24.5. The standard InChI is InChI=1S/C26H26N4O5/c1-29-14-16(13-27-29)23(24(31)30-12-6-11-22(30)25(32)33)28-26(34)35-15-21-19-9-4-2-7-17(19)18-8-3-5-10-20(18)21/h2-5,7-10,13-14,21-23H,6,11-12,15H2,1H3,(H,28,34)(H,32,33)/t22-,23?/m1/s1. The second kappa shape index (κ2) is 9.25. The van der Waals surface area contributed by atoms with E-state index in [1.165, 1.54) is 15.8 Å². The average Bonchev–Trinajstić information content (AvgIpc) is 3.58. The van der Waals surface area contributed by atoms with Gasteiger partial charge in [-0.25, -0.2) is 9.59 Å². The number of likely N-dealkylation sites (tertiary alicyclic amines) is 1. The Bertz CT molecular complexity index is 1240. The van der Waals surface area contributed by atoms with Crippen LogP contribution in [-0.4, -0.2) is 57.0 Å². The van der Waals surface area contributed by atoms with E-state index in [1.54, 1.807) is 13.2 Å². The summed E-state index contributed by atoms with van der Waals surface area (Å²) in [4.78, 5) is 39.2. The largest absolute Gasteiger partial charge is 0.480 e. The predicted molar refractivity (Wildman–Crippen MR) is 127 cm³/mol. The molecule has 3 aromatic rings. The van der Waals surface area contributed by atoms with E-state index in [2.05, 4.69) is 22.5 Å². The van der Waals surface area contributed by atoms with Gasteiger partial charge in [-0.3, -0.25) is 9.48 Å². The number of carbonyl (C=O) groups is 3. The number of hydrogen-bond acceptors (Lipinski definition) is 5. The summed E-state index contributed by atoms with van der Waals surface area (Å²) in [5.41, 5.74) is 4.87. The molecule has 0 bridgehead atoms. The van der Waals surface area contributed by atoms with E-state index >= 15 is 0 Å². The van der Waals surface area contributed by atoms with E-state index in [1.807, 2.05) is 36.4 Å². The van der Waals surface area contributed by atoms with Crippen molar-refractivity contribution in [1.82, 2.24) is 20.0 Å². The van der Waals surface area contributed by atoms with Crippen LogP contribution in [0.2, 0.25) is 0 Å². The van der Waals surface area contributed by atoms with Crippen molar-refractivity contribution < 1.29 is 24.2 Å². The van der Waals surface area contributed by atoms with Crippen molar-refractivity contribution in [3.8, 4) is 11.1 Å². The van der Waals surface area contributed by atoms with Crippen molar-refractivity contribution in [3.05, 3.63) is 77.6 Å². The number of nitrogens with one attached hydrogen (secondary N) is 1.